The van der Waals surface area contributed by atoms with Crippen LogP contribution in [0.15, 0.2) is 72.8 Å². The molecule has 3 aromatic carbocycles. The number of likely N-dealkylation sites (tertiary alicyclic amines) is 1. The van der Waals surface area contributed by atoms with Gasteiger partial charge in [0.15, 0.2) is 6.29 Å². The van der Waals surface area contributed by atoms with Crippen LogP contribution in [0.3, 0.4) is 0 Å². The minimum atomic E-state index is -0.899. The fourth-order valence-corrected chi connectivity index (χ4v) is 5.94. The summed E-state index contributed by atoms with van der Waals surface area (Å²) in [5, 5.41) is 31.2. The van der Waals surface area contributed by atoms with Crippen LogP contribution in [0.25, 0.3) is 11.1 Å². The second-order valence-electron chi connectivity index (χ2n) is 11.9. The monoisotopic (exact) mass is 602 g/mol. The molecule has 0 aliphatic carbocycles. The molecule has 0 spiro atoms. The Balaban J connectivity index is 1.28. The largest absolute Gasteiger partial charge is 0.481 e. The van der Waals surface area contributed by atoms with Crippen molar-refractivity contribution in [1.82, 2.24) is 10.2 Å². The van der Waals surface area contributed by atoms with Crippen molar-refractivity contribution in [2.45, 2.75) is 70.4 Å². The molecule has 44 heavy (non-hydrogen) atoms. The fourth-order valence-electron chi connectivity index (χ4n) is 5.94. The van der Waals surface area contributed by atoms with Crippen molar-refractivity contribution in [2.75, 3.05) is 19.6 Å². The Labute approximate surface area is 258 Å². The number of ether oxygens (including phenoxy) is 2. The number of amides is 1. The van der Waals surface area contributed by atoms with Gasteiger partial charge in [0.1, 0.15) is 0 Å². The standard InChI is InChI=1S/C35H42N2O7/c1-23-31(21-37-17-16-30(39)20-37)43-35(44-34(23)27-10-8-24(22-38)9-11-27)28-14-12-26(13-15-28)29-5-2-4-25(18-29)19-36-32(40)6-3-7-33(41)42/h2,4-5,8-15,18,23,30-31,34-35,38-39H,3,6-7,16-17,19-22H2,1H3,(H,36,40)(H,41,42)/t23-,30+,31+,34+,35+/m1/s1. The van der Waals surface area contributed by atoms with Gasteiger partial charge < -0.3 is 30.1 Å². The zero-order valence-electron chi connectivity index (χ0n) is 25.1. The van der Waals surface area contributed by atoms with Gasteiger partial charge in [-0.25, -0.2) is 0 Å². The van der Waals surface area contributed by atoms with E-state index >= 15 is 0 Å². The molecule has 2 heterocycles. The Kier molecular flexibility index (Phi) is 10.8. The Morgan fingerprint density at radius 3 is 2.36 bits per heavy atom. The first kappa shape index (κ1) is 31.8. The number of aliphatic hydroxyl groups excluding tert-OH is 2. The predicted molar refractivity (Wildman–Crippen MR) is 165 cm³/mol. The number of aliphatic carboxylic acids is 1. The Hall–Kier alpha value is -3.60. The number of carboxylic acids is 1. The van der Waals surface area contributed by atoms with Crippen molar-refractivity contribution < 1.29 is 34.4 Å². The van der Waals surface area contributed by atoms with Crippen LogP contribution in [0.2, 0.25) is 0 Å². The van der Waals surface area contributed by atoms with Gasteiger partial charge in [-0.2, -0.15) is 0 Å². The summed E-state index contributed by atoms with van der Waals surface area (Å²) in [5.41, 5.74) is 5.79. The number of aliphatic hydroxyl groups is 2. The summed E-state index contributed by atoms with van der Waals surface area (Å²) in [5.74, 6) is -0.989. The number of nitrogens with one attached hydrogen (secondary N) is 1. The van der Waals surface area contributed by atoms with E-state index in [0.717, 1.165) is 46.3 Å². The highest BCUT2D eigenvalue weighted by Gasteiger charge is 2.39. The number of carboxylic acid groups (broad SMARTS) is 1. The molecule has 5 rings (SSSR count). The average Bonchev–Trinajstić information content (AvgIpc) is 3.45. The van der Waals surface area contributed by atoms with Gasteiger partial charge in [0, 0.05) is 50.5 Å². The van der Waals surface area contributed by atoms with E-state index in [1.54, 1.807) is 0 Å². The maximum atomic E-state index is 12.1. The molecule has 2 aliphatic rings. The molecule has 0 unspecified atom stereocenters. The van der Waals surface area contributed by atoms with E-state index < -0.39 is 12.3 Å². The van der Waals surface area contributed by atoms with E-state index in [1.807, 2.05) is 72.8 Å². The molecular weight excluding hydrogens is 560 g/mol. The summed E-state index contributed by atoms with van der Waals surface area (Å²) in [6.07, 6.45) is 0.0991. The third-order valence-corrected chi connectivity index (χ3v) is 8.54. The summed E-state index contributed by atoms with van der Waals surface area (Å²) in [6.45, 7) is 4.71. The van der Waals surface area contributed by atoms with Crippen molar-refractivity contribution in [3.63, 3.8) is 0 Å². The zero-order chi connectivity index (χ0) is 31.1. The first-order chi connectivity index (χ1) is 21.3. The van der Waals surface area contributed by atoms with Gasteiger partial charge in [0.25, 0.3) is 0 Å². The molecule has 9 nitrogen and oxygen atoms in total. The third-order valence-electron chi connectivity index (χ3n) is 8.54. The molecular formula is C35H42N2O7. The van der Waals surface area contributed by atoms with E-state index in [4.69, 9.17) is 14.6 Å². The number of rotatable bonds is 12. The summed E-state index contributed by atoms with van der Waals surface area (Å²) < 4.78 is 13.2. The van der Waals surface area contributed by atoms with E-state index in [-0.39, 0.29) is 49.6 Å². The lowest BCUT2D eigenvalue weighted by molar-refractivity contribution is -0.276. The van der Waals surface area contributed by atoms with Gasteiger partial charge >= 0.3 is 5.97 Å². The highest BCUT2D eigenvalue weighted by Crippen LogP contribution is 2.42. The van der Waals surface area contributed by atoms with Gasteiger partial charge in [0.2, 0.25) is 5.91 Å². The lowest BCUT2D eigenvalue weighted by atomic mass is 9.90. The number of hydrogen-bond donors (Lipinski definition) is 4. The number of carbonyl (C=O) groups excluding carboxylic acids is 1. The molecule has 1 amide bonds. The van der Waals surface area contributed by atoms with E-state index in [1.165, 1.54) is 0 Å². The van der Waals surface area contributed by atoms with Crippen molar-refractivity contribution in [1.29, 1.82) is 0 Å². The van der Waals surface area contributed by atoms with Crippen LogP contribution in [0.1, 0.15) is 67.3 Å². The number of hydrogen-bond acceptors (Lipinski definition) is 7. The van der Waals surface area contributed by atoms with Crippen LogP contribution in [-0.2, 0) is 32.2 Å². The lowest BCUT2D eigenvalue weighted by Crippen LogP contribution is -2.44. The smallest absolute Gasteiger partial charge is 0.303 e. The maximum absolute atomic E-state index is 12.1. The van der Waals surface area contributed by atoms with Crippen LogP contribution in [-0.4, -0.2) is 63.9 Å². The van der Waals surface area contributed by atoms with Crippen LogP contribution in [0, 0.1) is 5.92 Å². The van der Waals surface area contributed by atoms with Gasteiger partial charge in [-0.1, -0.05) is 73.7 Å². The molecule has 234 valence electrons. The van der Waals surface area contributed by atoms with Crippen molar-refractivity contribution >= 4 is 11.9 Å². The quantitative estimate of drug-likeness (QED) is 0.237. The molecule has 0 aromatic heterocycles. The second kappa shape index (κ2) is 14.9. The van der Waals surface area contributed by atoms with E-state index in [9.17, 15) is 19.8 Å². The Bertz CT molecular complexity index is 1390. The molecule has 0 radical (unpaired) electrons. The first-order valence-electron chi connectivity index (χ1n) is 15.4. The zero-order valence-corrected chi connectivity index (χ0v) is 25.1. The predicted octanol–water partition coefficient (Wildman–Crippen LogP) is 4.58. The minimum Gasteiger partial charge on any atom is -0.481 e. The third kappa shape index (κ3) is 8.31. The molecule has 5 atom stereocenters. The molecule has 9 heteroatoms. The Morgan fingerprint density at radius 1 is 0.932 bits per heavy atom. The summed E-state index contributed by atoms with van der Waals surface area (Å²) in [4.78, 5) is 25.0. The normalized spacial score (nSPS) is 23.8. The number of carbonyl (C=O) groups is 2. The van der Waals surface area contributed by atoms with Crippen LogP contribution in [0.5, 0.6) is 0 Å². The lowest BCUT2D eigenvalue weighted by Gasteiger charge is -2.42. The van der Waals surface area contributed by atoms with Crippen LogP contribution >= 0.6 is 0 Å². The molecule has 2 saturated heterocycles. The SMILES string of the molecule is C[C@@H]1[C@H](CN2CC[C@H](O)C2)O[C@H](c2ccc(-c3cccc(CNC(=O)CCCC(=O)O)c3)cc2)O[C@@H]1c1ccc(CO)cc1. The van der Waals surface area contributed by atoms with Gasteiger partial charge in [-0.15, -0.1) is 0 Å². The highest BCUT2D eigenvalue weighted by atomic mass is 16.7. The number of nitrogens with zero attached hydrogens (tertiary/aromatic N) is 1. The Morgan fingerprint density at radius 2 is 1.68 bits per heavy atom. The molecule has 2 aliphatic heterocycles. The first-order valence-corrected chi connectivity index (χ1v) is 15.4. The van der Waals surface area contributed by atoms with E-state index in [0.29, 0.717) is 26.1 Å². The summed E-state index contributed by atoms with van der Waals surface area (Å²) in [7, 11) is 0. The molecule has 4 N–H and O–H groups in total. The number of benzene rings is 3. The van der Waals surface area contributed by atoms with E-state index in [2.05, 4.69) is 17.1 Å². The molecule has 2 fully saturated rings. The van der Waals surface area contributed by atoms with Gasteiger partial charge in [-0.05, 0) is 46.7 Å². The highest BCUT2D eigenvalue weighted by molar-refractivity contribution is 5.76. The summed E-state index contributed by atoms with van der Waals surface area (Å²) >= 11 is 0. The van der Waals surface area contributed by atoms with Crippen molar-refractivity contribution in [3.8, 4) is 11.1 Å². The molecule has 0 bridgehead atoms. The molecule has 0 saturated carbocycles. The van der Waals surface area contributed by atoms with Gasteiger partial charge in [-0.3, -0.25) is 14.5 Å². The second-order valence-corrected chi connectivity index (χ2v) is 11.9. The average molecular weight is 603 g/mol. The van der Waals surface area contributed by atoms with Crippen molar-refractivity contribution in [3.05, 3.63) is 95.1 Å². The molecule has 3 aromatic rings. The fraction of sp³-hybridized carbons (Fsp3) is 0.429. The van der Waals surface area contributed by atoms with Crippen molar-refractivity contribution in [2.24, 2.45) is 5.92 Å². The van der Waals surface area contributed by atoms with Crippen LogP contribution in [0.4, 0.5) is 0 Å². The minimum absolute atomic E-state index is 0.00844. The van der Waals surface area contributed by atoms with Gasteiger partial charge in [0.05, 0.1) is 24.9 Å². The summed E-state index contributed by atoms with van der Waals surface area (Å²) in [6, 6.07) is 24.0. The maximum Gasteiger partial charge on any atom is 0.303 e. The topological polar surface area (TPSA) is 129 Å². The van der Waals surface area contributed by atoms with Crippen LogP contribution < -0.4 is 5.32 Å². The number of β-amino-alcohol motifs (C(OH)–C–C–N with tert-alkyl or cyclic N) is 1.